The van der Waals surface area contributed by atoms with Gasteiger partial charge in [0.25, 0.3) is 0 Å². The lowest BCUT2D eigenvalue weighted by atomic mass is 9.91. The van der Waals surface area contributed by atoms with Crippen LogP contribution in [0.4, 0.5) is 5.69 Å². The smallest absolute Gasteiger partial charge is 0.0366 e. The van der Waals surface area contributed by atoms with Crippen LogP contribution in [0.15, 0.2) is 24.3 Å². The van der Waals surface area contributed by atoms with E-state index < -0.39 is 0 Å². The molecule has 3 unspecified atom stereocenters. The summed E-state index contributed by atoms with van der Waals surface area (Å²) in [6.45, 7) is 12.7. The first-order valence-corrected chi connectivity index (χ1v) is 8.18. The Morgan fingerprint density at radius 3 is 2.30 bits per heavy atom. The molecule has 1 aliphatic heterocycles. The van der Waals surface area contributed by atoms with Crippen molar-refractivity contribution in [2.24, 2.45) is 11.8 Å². The van der Waals surface area contributed by atoms with Gasteiger partial charge in [-0.25, -0.2) is 0 Å². The molecule has 1 aromatic rings. The second-order valence-corrected chi connectivity index (χ2v) is 6.62. The van der Waals surface area contributed by atoms with Crippen LogP contribution >= 0.6 is 0 Å². The molecule has 1 saturated heterocycles. The van der Waals surface area contributed by atoms with E-state index in [-0.39, 0.29) is 0 Å². The van der Waals surface area contributed by atoms with Crippen molar-refractivity contribution in [1.29, 1.82) is 0 Å². The molecule has 1 heterocycles. The van der Waals surface area contributed by atoms with Crippen molar-refractivity contribution < 1.29 is 0 Å². The molecule has 2 heteroatoms. The topological polar surface area (TPSA) is 15.3 Å². The molecule has 20 heavy (non-hydrogen) atoms. The van der Waals surface area contributed by atoms with Crippen LogP contribution in [0.5, 0.6) is 0 Å². The van der Waals surface area contributed by atoms with Crippen molar-refractivity contribution in [1.82, 2.24) is 5.32 Å². The van der Waals surface area contributed by atoms with Crippen molar-refractivity contribution >= 4 is 5.69 Å². The highest BCUT2D eigenvalue weighted by molar-refractivity contribution is 5.48. The van der Waals surface area contributed by atoms with Crippen LogP contribution in [-0.4, -0.2) is 19.6 Å². The first-order valence-electron chi connectivity index (χ1n) is 8.18. The molecule has 1 fully saturated rings. The van der Waals surface area contributed by atoms with Crippen molar-refractivity contribution in [2.75, 3.05) is 24.5 Å². The molecule has 0 spiro atoms. The number of benzene rings is 1. The first kappa shape index (κ1) is 15.4. The molecule has 0 amide bonds. The SMILES string of the molecule is CCCNC(C)c1ccc(N2CC(C)CC(C)C2)cc1. The van der Waals surface area contributed by atoms with E-state index in [1.54, 1.807) is 0 Å². The summed E-state index contributed by atoms with van der Waals surface area (Å²) < 4.78 is 0. The second-order valence-electron chi connectivity index (χ2n) is 6.62. The highest BCUT2D eigenvalue weighted by Crippen LogP contribution is 2.27. The molecule has 0 aliphatic carbocycles. The number of anilines is 1. The summed E-state index contributed by atoms with van der Waals surface area (Å²) in [6, 6.07) is 9.61. The maximum Gasteiger partial charge on any atom is 0.0366 e. The molecule has 0 aromatic heterocycles. The summed E-state index contributed by atoms with van der Waals surface area (Å²) in [6.07, 6.45) is 2.55. The summed E-state index contributed by atoms with van der Waals surface area (Å²) >= 11 is 0. The Morgan fingerprint density at radius 1 is 1.15 bits per heavy atom. The van der Waals surface area contributed by atoms with Gasteiger partial charge in [-0.15, -0.1) is 0 Å². The van der Waals surface area contributed by atoms with Gasteiger partial charge in [-0.05, 0) is 55.8 Å². The van der Waals surface area contributed by atoms with Gasteiger partial charge in [0.1, 0.15) is 0 Å². The minimum absolute atomic E-state index is 0.447. The molecule has 1 N–H and O–H groups in total. The van der Waals surface area contributed by atoms with Crippen LogP contribution in [0.2, 0.25) is 0 Å². The average Bonchev–Trinajstić information content (AvgIpc) is 2.44. The second kappa shape index (κ2) is 7.12. The summed E-state index contributed by atoms with van der Waals surface area (Å²) in [7, 11) is 0. The average molecular weight is 274 g/mol. The van der Waals surface area contributed by atoms with Gasteiger partial charge in [0.2, 0.25) is 0 Å². The molecule has 1 aliphatic rings. The van der Waals surface area contributed by atoms with Gasteiger partial charge in [-0.1, -0.05) is 32.9 Å². The van der Waals surface area contributed by atoms with Crippen LogP contribution in [0.25, 0.3) is 0 Å². The van der Waals surface area contributed by atoms with Crippen molar-refractivity contribution in [3.05, 3.63) is 29.8 Å². The highest BCUT2D eigenvalue weighted by atomic mass is 15.1. The monoisotopic (exact) mass is 274 g/mol. The lowest BCUT2D eigenvalue weighted by Crippen LogP contribution is -2.38. The fraction of sp³-hybridized carbons (Fsp3) is 0.667. The quantitative estimate of drug-likeness (QED) is 0.864. The van der Waals surface area contributed by atoms with E-state index in [4.69, 9.17) is 0 Å². The summed E-state index contributed by atoms with van der Waals surface area (Å²) in [5, 5.41) is 3.55. The Hall–Kier alpha value is -1.02. The molecule has 0 bridgehead atoms. The van der Waals surface area contributed by atoms with Gasteiger partial charge in [0.05, 0.1) is 0 Å². The first-order chi connectivity index (χ1) is 9.60. The van der Waals surface area contributed by atoms with Crippen molar-refractivity contribution in [3.63, 3.8) is 0 Å². The normalized spacial score (nSPS) is 24.7. The zero-order chi connectivity index (χ0) is 14.5. The number of rotatable bonds is 5. The van der Waals surface area contributed by atoms with E-state index in [1.165, 1.54) is 37.2 Å². The van der Waals surface area contributed by atoms with Gasteiger partial charge in [0, 0.05) is 24.8 Å². The van der Waals surface area contributed by atoms with Crippen LogP contribution in [0.3, 0.4) is 0 Å². The lowest BCUT2D eigenvalue weighted by Gasteiger charge is -2.36. The number of hydrogen-bond donors (Lipinski definition) is 1. The minimum Gasteiger partial charge on any atom is -0.371 e. The lowest BCUT2D eigenvalue weighted by molar-refractivity contribution is 0.357. The Balaban J connectivity index is 2.00. The van der Waals surface area contributed by atoms with E-state index in [9.17, 15) is 0 Å². The maximum absolute atomic E-state index is 3.55. The zero-order valence-electron chi connectivity index (χ0n) is 13.5. The maximum atomic E-state index is 3.55. The van der Waals surface area contributed by atoms with Gasteiger partial charge >= 0.3 is 0 Å². The molecular formula is C18H30N2. The summed E-state index contributed by atoms with van der Waals surface area (Å²) in [5.41, 5.74) is 2.77. The molecule has 2 nitrogen and oxygen atoms in total. The molecule has 1 aromatic carbocycles. The Morgan fingerprint density at radius 2 is 1.75 bits per heavy atom. The van der Waals surface area contributed by atoms with Gasteiger partial charge in [-0.3, -0.25) is 0 Å². The largest absolute Gasteiger partial charge is 0.371 e. The van der Waals surface area contributed by atoms with Gasteiger partial charge in [0.15, 0.2) is 0 Å². The van der Waals surface area contributed by atoms with Crippen LogP contribution in [-0.2, 0) is 0 Å². The van der Waals surface area contributed by atoms with Gasteiger partial charge in [-0.2, -0.15) is 0 Å². The number of hydrogen-bond acceptors (Lipinski definition) is 2. The van der Waals surface area contributed by atoms with Crippen molar-refractivity contribution in [2.45, 2.75) is 46.6 Å². The molecular weight excluding hydrogens is 244 g/mol. The van der Waals surface area contributed by atoms with E-state index in [0.717, 1.165) is 18.4 Å². The minimum atomic E-state index is 0.447. The third-order valence-electron chi connectivity index (χ3n) is 4.33. The molecule has 3 atom stereocenters. The zero-order valence-corrected chi connectivity index (χ0v) is 13.5. The fourth-order valence-corrected chi connectivity index (χ4v) is 3.33. The molecule has 0 radical (unpaired) electrons. The van der Waals surface area contributed by atoms with E-state index >= 15 is 0 Å². The molecule has 0 saturated carbocycles. The summed E-state index contributed by atoms with van der Waals surface area (Å²) in [5.74, 6) is 1.62. The van der Waals surface area contributed by atoms with E-state index in [1.807, 2.05) is 0 Å². The molecule has 2 rings (SSSR count). The Bertz CT molecular complexity index is 388. The Kier molecular flexibility index (Phi) is 5.47. The van der Waals surface area contributed by atoms with Crippen molar-refractivity contribution in [3.8, 4) is 0 Å². The number of nitrogens with one attached hydrogen (secondary N) is 1. The fourth-order valence-electron chi connectivity index (χ4n) is 3.33. The predicted molar refractivity (Wildman–Crippen MR) is 88.3 cm³/mol. The van der Waals surface area contributed by atoms with Crippen LogP contribution < -0.4 is 10.2 Å². The van der Waals surface area contributed by atoms with Crippen LogP contribution in [0.1, 0.15) is 52.1 Å². The third kappa shape index (κ3) is 3.99. The highest BCUT2D eigenvalue weighted by Gasteiger charge is 2.21. The number of piperidine rings is 1. The summed E-state index contributed by atoms with van der Waals surface area (Å²) in [4.78, 5) is 2.55. The molecule has 112 valence electrons. The van der Waals surface area contributed by atoms with Gasteiger partial charge < -0.3 is 10.2 Å². The number of nitrogens with zero attached hydrogens (tertiary/aromatic N) is 1. The Labute approximate surface area is 124 Å². The standard InChI is InChI=1S/C18H30N2/c1-5-10-19-16(4)17-6-8-18(9-7-17)20-12-14(2)11-15(3)13-20/h6-9,14-16,19H,5,10-13H2,1-4H3. The predicted octanol–water partition coefficient (Wildman–Crippen LogP) is 4.23. The van der Waals surface area contributed by atoms with E-state index in [0.29, 0.717) is 6.04 Å². The van der Waals surface area contributed by atoms with Crippen LogP contribution in [0, 0.1) is 11.8 Å². The van der Waals surface area contributed by atoms with E-state index in [2.05, 4.69) is 62.2 Å². The third-order valence-corrected chi connectivity index (χ3v) is 4.33.